The Morgan fingerprint density at radius 1 is 1.50 bits per heavy atom. The minimum atomic E-state index is 0.380. The first-order valence-electron chi connectivity index (χ1n) is 5.60. The van der Waals surface area contributed by atoms with Crippen LogP contribution in [0.4, 0.5) is 0 Å². The third-order valence-corrected chi connectivity index (χ3v) is 3.13. The maximum Gasteiger partial charge on any atom is 0.0713 e. The Morgan fingerprint density at radius 2 is 2.38 bits per heavy atom. The molecule has 0 heterocycles. The highest BCUT2D eigenvalue weighted by Crippen LogP contribution is 2.25. The Balaban J connectivity index is 2.15. The number of rotatable bonds is 3. The second-order valence-corrected chi connectivity index (χ2v) is 4.30. The van der Waals surface area contributed by atoms with Crippen molar-refractivity contribution in [1.29, 1.82) is 0 Å². The van der Waals surface area contributed by atoms with Gasteiger partial charge in [0.2, 0.25) is 0 Å². The van der Waals surface area contributed by atoms with E-state index in [-0.39, 0.29) is 0 Å². The van der Waals surface area contributed by atoms with E-state index in [1.54, 1.807) is 13.3 Å². The van der Waals surface area contributed by atoms with Crippen LogP contribution >= 0.6 is 0 Å². The number of fused-ring (bicyclic) bond motifs is 1. The molecule has 1 atom stereocenters. The van der Waals surface area contributed by atoms with Gasteiger partial charge in [0.05, 0.1) is 6.61 Å². The monoisotopic (exact) mass is 219 g/mol. The minimum Gasteiger partial charge on any atom is -0.411 e. The summed E-state index contributed by atoms with van der Waals surface area (Å²) in [6.45, 7) is 0.675. The molecule has 0 saturated heterocycles. The van der Waals surface area contributed by atoms with Gasteiger partial charge in [-0.3, -0.25) is 0 Å². The van der Waals surface area contributed by atoms with E-state index in [2.05, 4.69) is 23.4 Å². The van der Waals surface area contributed by atoms with Crippen LogP contribution in [0.3, 0.4) is 0 Å². The van der Waals surface area contributed by atoms with Gasteiger partial charge in [0.1, 0.15) is 0 Å². The van der Waals surface area contributed by atoms with Gasteiger partial charge < -0.3 is 9.94 Å². The topological polar surface area (TPSA) is 41.8 Å². The lowest BCUT2D eigenvalue weighted by atomic mass is 9.84. The molecule has 16 heavy (non-hydrogen) atoms. The number of aryl methyl sites for hydroxylation is 1. The van der Waals surface area contributed by atoms with Gasteiger partial charge in [0.25, 0.3) is 0 Å². The number of ether oxygens (including phenoxy) is 1. The first-order valence-corrected chi connectivity index (χ1v) is 5.60. The standard InChI is InChI=1S/C13H17NO2/c1-16-9-11-3-5-12-6-10(8-14-15)2-4-13(12)7-11/h3,5,7-8,10,15H,2,4,6,9H2,1H3/b14-8-/t10-/m0/s1. The van der Waals surface area contributed by atoms with Crippen LogP contribution in [0.2, 0.25) is 0 Å². The first-order chi connectivity index (χ1) is 7.83. The lowest BCUT2D eigenvalue weighted by Crippen LogP contribution is -2.15. The average molecular weight is 219 g/mol. The lowest BCUT2D eigenvalue weighted by molar-refractivity contribution is 0.185. The number of oxime groups is 1. The van der Waals surface area contributed by atoms with Gasteiger partial charge in [-0.15, -0.1) is 5.16 Å². The van der Waals surface area contributed by atoms with Crippen LogP contribution in [0.1, 0.15) is 23.1 Å². The number of methoxy groups -OCH3 is 1. The maximum absolute atomic E-state index is 8.53. The molecule has 3 nitrogen and oxygen atoms in total. The van der Waals surface area contributed by atoms with E-state index in [0.29, 0.717) is 12.5 Å². The minimum absolute atomic E-state index is 0.380. The van der Waals surface area contributed by atoms with Gasteiger partial charge in [-0.2, -0.15) is 0 Å². The van der Waals surface area contributed by atoms with Crippen molar-refractivity contribution in [3.63, 3.8) is 0 Å². The molecular formula is C13H17NO2. The van der Waals surface area contributed by atoms with Crippen molar-refractivity contribution in [2.24, 2.45) is 11.1 Å². The van der Waals surface area contributed by atoms with Crippen LogP contribution in [0.25, 0.3) is 0 Å². The van der Waals surface area contributed by atoms with Crippen LogP contribution in [-0.4, -0.2) is 18.5 Å². The Labute approximate surface area is 95.7 Å². The molecule has 1 aliphatic carbocycles. The van der Waals surface area contributed by atoms with Gasteiger partial charge >= 0.3 is 0 Å². The van der Waals surface area contributed by atoms with Crippen molar-refractivity contribution in [3.05, 3.63) is 34.9 Å². The Bertz CT molecular complexity index is 388. The third kappa shape index (κ3) is 2.42. The van der Waals surface area contributed by atoms with Crippen LogP contribution in [0.5, 0.6) is 0 Å². The summed E-state index contributed by atoms with van der Waals surface area (Å²) in [4.78, 5) is 0. The largest absolute Gasteiger partial charge is 0.411 e. The predicted octanol–water partition coefficient (Wildman–Crippen LogP) is 2.40. The molecule has 0 aromatic heterocycles. The quantitative estimate of drug-likeness (QED) is 0.482. The van der Waals surface area contributed by atoms with Gasteiger partial charge in [-0.05, 0) is 36.0 Å². The van der Waals surface area contributed by atoms with Crippen molar-refractivity contribution in [2.75, 3.05) is 7.11 Å². The predicted molar refractivity (Wildman–Crippen MR) is 62.9 cm³/mol. The lowest BCUT2D eigenvalue weighted by Gasteiger charge is -2.21. The molecule has 0 spiro atoms. The molecule has 0 aliphatic heterocycles. The Morgan fingerprint density at radius 3 is 3.12 bits per heavy atom. The molecular weight excluding hydrogens is 202 g/mol. The molecule has 1 N–H and O–H groups in total. The Kier molecular flexibility index (Phi) is 3.57. The van der Waals surface area contributed by atoms with Crippen LogP contribution in [0, 0.1) is 5.92 Å². The highest BCUT2D eigenvalue weighted by Gasteiger charge is 2.17. The van der Waals surface area contributed by atoms with Gasteiger partial charge in [-0.1, -0.05) is 18.2 Å². The second kappa shape index (κ2) is 5.12. The fourth-order valence-corrected chi connectivity index (χ4v) is 2.31. The van der Waals surface area contributed by atoms with Crippen LogP contribution in [0.15, 0.2) is 23.4 Å². The maximum atomic E-state index is 8.53. The van der Waals surface area contributed by atoms with Crippen molar-refractivity contribution < 1.29 is 9.94 Å². The molecule has 3 heteroatoms. The van der Waals surface area contributed by atoms with Crippen molar-refractivity contribution in [1.82, 2.24) is 0 Å². The fourth-order valence-electron chi connectivity index (χ4n) is 2.31. The summed E-state index contributed by atoms with van der Waals surface area (Å²) in [5, 5.41) is 11.7. The highest BCUT2D eigenvalue weighted by atomic mass is 16.5. The van der Waals surface area contributed by atoms with Crippen molar-refractivity contribution in [2.45, 2.75) is 25.9 Å². The molecule has 0 radical (unpaired) electrons. The van der Waals surface area contributed by atoms with E-state index in [1.165, 1.54) is 16.7 Å². The zero-order chi connectivity index (χ0) is 11.4. The molecule has 0 unspecified atom stereocenters. The van der Waals surface area contributed by atoms with E-state index in [9.17, 15) is 0 Å². The van der Waals surface area contributed by atoms with E-state index >= 15 is 0 Å². The zero-order valence-electron chi connectivity index (χ0n) is 9.52. The van der Waals surface area contributed by atoms with Crippen molar-refractivity contribution >= 4 is 6.21 Å². The molecule has 0 amide bonds. The van der Waals surface area contributed by atoms with Gasteiger partial charge in [-0.25, -0.2) is 0 Å². The molecule has 0 bridgehead atoms. The highest BCUT2D eigenvalue weighted by molar-refractivity contribution is 5.61. The van der Waals surface area contributed by atoms with Gasteiger partial charge in [0.15, 0.2) is 0 Å². The summed E-state index contributed by atoms with van der Waals surface area (Å²) in [5.41, 5.74) is 4.02. The molecule has 0 saturated carbocycles. The second-order valence-electron chi connectivity index (χ2n) is 4.30. The van der Waals surface area contributed by atoms with Crippen LogP contribution < -0.4 is 0 Å². The molecule has 1 aromatic rings. The number of hydrogen-bond acceptors (Lipinski definition) is 3. The first kappa shape index (κ1) is 11.1. The van der Waals surface area contributed by atoms with Crippen LogP contribution in [-0.2, 0) is 24.2 Å². The summed E-state index contributed by atoms with van der Waals surface area (Å²) < 4.78 is 5.12. The smallest absolute Gasteiger partial charge is 0.0713 e. The molecule has 2 rings (SSSR count). The summed E-state index contributed by atoms with van der Waals surface area (Å²) >= 11 is 0. The summed E-state index contributed by atoms with van der Waals surface area (Å²) in [6, 6.07) is 6.51. The third-order valence-electron chi connectivity index (χ3n) is 3.13. The van der Waals surface area contributed by atoms with E-state index < -0.39 is 0 Å². The van der Waals surface area contributed by atoms with E-state index in [4.69, 9.17) is 9.94 Å². The number of benzene rings is 1. The summed E-state index contributed by atoms with van der Waals surface area (Å²) in [5.74, 6) is 0.380. The average Bonchev–Trinajstić information content (AvgIpc) is 2.30. The normalized spacial score (nSPS) is 19.9. The van der Waals surface area contributed by atoms with Gasteiger partial charge in [0, 0.05) is 19.2 Å². The molecule has 86 valence electrons. The molecule has 1 aromatic carbocycles. The fraction of sp³-hybridized carbons (Fsp3) is 0.462. The number of hydrogen-bond donors (Lipinski definition) is 1. The summed E-state index contributed by atoms with van der Waals surface area (Å²) in [7, 11) is 1.72. The zero-order valence-corrected chi connectivity index (χ0v) is 9.52. The van der Waals surface area contributed by atoms with Crippen molar-refractivity contribution in [3.8, 4) is 0 Å². The molecule has 1 aliphatic rings. The van der Waals surface area contributed by atoms with E-state index in [0.717, 1.165) is 19.3 Å². The molecule has 0 fully saturated rings. The SMILES string of the molecule is COCc1ccc2c(c1)CC[C@H](/C=N\O)C2. The van der Waals surface area contributed by atoms with E-state index in [1.807, 2.05) is 0 Å². The summed E-state index contributed by atoms with van der Waals surface area (Å²) in [6.07, 6.45) is 4.75. The Hall–Kier alpha value is -1.35. The number of nitrogens with zero attached hydrogens (tertiary/aromatic N) is 1.